The summed E-state index contributed by atoms with van der Waals surface area (Å²) >= 11 is 0. The number of rotatable bonds is 4. The normalized spacial score (nSPS) is 9.91. The first-order chi connectivity index (χ1) is 10.5. The van der Waals surface area contributed by atoms with Gasteiger partial charge in [-0.15, -0.1) is 0 Å². The Morgan fingerprint density at radius 1 is 0.864 bits per heavy atom. The van der Waals surface area contributed by atoms with Crippen LogP contribution in [-0.2, 0) is 0 Å². The number of amides is 2. The fraction of sp³-hybridized carbons (Fsp3) is 0.133. The number of benzene rings is 2. The van der Waals surface area contributed by atoms with Crippen molar-refractivity contribution in [3.8, 4) is 11.5 Å². The Hall–Kier alpha value is -3.09. The molecule has 0 saturated heterocycles. The van der Waals surface area contributed by atoms with Crippen molar-refractivity contribution in [2.45, 2.75) is 0 Å². The Kier molecular flexibility index (Phi) is 4.57. The van der Waals surface area contributed by atoms with Gasteiger partial charge in [0, 0.05) is 23.5 Å². The largest absolute Gasteiger partial charge is 0.495 e. The number of nitrogens with two attached hydrogens (primary N) is 2. The predicted octanol–water partition coefficient (Wildman–Crippen LogP) is 2.51. The van der Waals surface area contributed by atoms with Crippen LogP contribution in [0.25, 0.3) is 0 Å². The van der Waals surface area contributed by atoms with Gasteiger partial charge in [0.25, 0.3) is 0 Å². The van der Waals surface area contributed by atoms with Gasteiger partial charge in [-0.25, -0.2) is 4.79 Å². The number of nitrogens with one attached hydrogen (secondary N) is 2. The molecule has 116 valence electrons. The molecule has 7 heteroatoms. The van der Waals surface area contributed by atoms with Crippen molar-refractivity contribution in [3.05, 3.63) is 36.4 Å². The summed E-state index contributed by atoms with van der Waals surface area (Å²) in [6, 6.07) is 9.54. The Balaban J connectivity index is 2.07. The highest BCUT2D eigenvalue weighted by Gasteiger charge is 2.07. The number of ether oxygens (including phenoxy) is 2. The zero-order chi connectivity index (χ0) is 16.1. The minimum absolute atomic E-state index is 0.404. The van der Waals surface area contributed by atoms with Crippen LogP contribution < -0.4 is 31.6 Å². The lowest BCUT2D eigenvalue weighted by Gasteiger charge is -2.11. The molecular weight excluding hydrogens is 284 g/mol. The third kappa shape index (κ3) is 3.51. The molecule has 2 amide bonds. The summed E-state index contributed by atoms with van der Waals surface area (Å²) in [6.07, 6.45) is 0. The maximum Gasteiger partial charge on any atom is 0.323 e. The molecule has 0 unspecified atom stereocenters. The van der Waals surface area contributed by atoms with Gasteiger partial charge >= 0.3 is 6.03 Å². The van der Waals surface area contributed by atoms with E-state index in [0.29, 0.717) is 34.2 Å². The first-order valence-electron chi connectivity index (χ1n) is 6.48. The van der Waals surface area contributed by atoms with Gasteiger partial charge in [0.15, 0.2) is 0 Å². The van der Waals surface area contributed by atoms with Crippen LogP contribution in [0, 0.1) is 0 Å². The summed E-state index contributed by atoms with van der Waals surface area (Å²) in [7, 11) is 3.02. The molecule has 0 atom stereocenters. The summed E-state index contributed by atoms with van der Waals surface area (Å²) in [6.45, 7) is 0. The van der Waals surface area contributed by atoms with E-state index in [1.807, 2.05) is 0 Å². The molecule has 2 rings (SSSR count). The van der Waals surface area contributed by atoms with Gasteiger partial charge in [-0.1, -0.05) is 0 Å². The van der Waals surface area contributed by atoms with E-state index in [2.05, 4.69) is 10.6 Å². The van der Waals surface area contributed by atoms with Gasteiger partial charge in [0.2, 0.25) is 0 Å². The second-order valence-corrected chi connectivity index (χ2v) is 4.49. The number of hydrogen-bond acceptors (Lipinski definition) is 5. The molecule has 0 saturated carbocycles. The first kappa shape index (κ1) is 15.3. The molecule has 0 bridgehead atoms. The van der Waals surface area contributed by atoms with Crippen LogP contribution in [0.2, 0.25) is 0 Å². The molecule has 0 aliphatic heterocycles. The summed E-state index contributed by atoms with van der Waals surface area (Å²) in [5.41, 5.74) is 13.6. The smallest absolute Gasteiger partial charge is 0.323 e. The monoisotopic (exact) mass is 302 g/mol. The highest BCUT2D eigenvalue weighted by atomic mass is 16.5. The minimum atomic E-state index is -0.404. The van der Waals surface area contributed by atoms with Crippen molar-refractivity contribution in [2.24, 2.45) is 0 Å². The molecule has 0 spiro atoms. The predicted molar refractivity (Wildman–Crippen MR) is 87.5 cm³/mol. The highest BCUT2D eigenvalue weighted by Crippen LogP contribution is 2.26. The molecule has 0 fully saturated rings. The Morgan fingerprint density at radius 2 is 1.27 bits per heavy atom. The highest BCUT2D eigenvalue weighted by molar-refractivity contribution is 6.00. The van der Waals surface area contributed by atoms with Crippen LogP contribution in [-0.4, -0.2) is 20.3 Å². The van der Waals surface area contributed by atoms with E-state index >= 15 is 0 Å². The molecule has 0 aliphatic carbocycles. The minimum Gasteiger partial charge on any atom is -0.495 e. The SMILES string of the molecule is COc1cc(NC(=O)Nc2ccc(N)c(OC)c2)ccc1N. The molecule has 6 N–H and O–H groups in total. The van der Waals surface area contributed by atoms with Crippen molar-refractivity contribution >= 4 is 28.8 Å². The van der Waals surface area contributed by atoms with E-state index in [1.54, 1.807) is 36.4 Å². The fourth-order valence-corrected chi connectivity index (χ4v) is 1.87. The average molecular weight is 302 g/mol. The second kappa shape index (κ2) is 6.57. The number of carbonyl (C=O) groups excluding carboxylic acids is 1. The van der Waals surface area contributed by atoms with E-state index in [0.717, 1.165) is 0 Å². The quantitative estimate of drug-likeness (QED) is 0.648. The van der Waals surface area contributed by atoms with E-state index in [9.17, 15) is 4.79 Å². The van der Waals surface area contributed by atoms with E-state index in [-0.39, 0.29) is 0 Å². The van der Waals surface area contributed by atoms with E-state index < -0.39 is 6.03 Å². The zero-order valence-electron chi connectivity index (χ0n) is 12.3. The molecule has 22 heavy (non-hydrogen) atoms. The molecule has 2 aromatic rings. The Labute approximate surface area is 128 Å². The lowest BCUT2D eigenvalue weighted by molar-refractivity contribution is 0.262. The maximum atomic E-state index is 12.0. The standard InChI is InChI=1S/C15H18N4O3/c1-21-13-7-9(3-5-11(13)16)18-15(20)19-10-4-6-12(17)14(8-10)22-2/h3-8H,16-17H2,1-2H3,(H2,18,19,20). The van der Waals surface area contributed by atoms with E-state index in [4.69, 9.17) is 20.9 Å². The molecule has 0 aromatic heterocycles. The van der Waals surface area contributed by atoms with Crippen molar-refractivity contribution in [3.63, 3.8) is 0 Å². The number of methoxy groups -OCH3 is 2. The van der Waals surface area contributed by atoms with Crippen LogP contribution >= 0.6 is 0 Å². The molecular formula is C15H18N4O3. The third-order valence-corrected chi connectivity index (χ3v) is 2.98. The van der Waals surface area contributed by atoms with Gasteiger partial charge in [0.1, 0.15) is 11.5 Å². The number of urea groups is 1. The zero-order valence-corrected chi connectivity index (χ0v) is 12.3. The number of anilines is 4. The first-order valence-corrected chi connectivity index (χ1v) is 6.48. The van der Waals surface area contributed by atoms with Crippen molar-refractivity contribution in [1.82, 2.24) is 0 Å². The maximum absolute atomic E-state index is 12.0. The second-order valence-electron chi connectivity index (χ2n) is 4.49. The topological polar surface area (TPSA) is 112 Å². The van der Waals surface area contributed by atoms with Crippen LogP contribution in [0.15, 0.2) is 36.4 Å². The van der Waals surface area contributed by atoms with Gasteiger partial charge in [-0.05, 0) is 24.3 Å². The molecule has 2 aromatic carbocycles. The molecule has 0 aliphatic rings. The van der Waals surface area contributed by atoms with Crippen molar-refractivity contribution < 1.29 is 14.3 Å². The summed E-state index contributed by atoms with van der Waals surface area (Å²) in [5.74, 6) is 0.985. The van der Waals surface area contributed by atoms with Gasteiger partial charge < -0.3 is 31.6 Å². The number of hydrogen-bond donors (Lipinski definition) is 4. The number of nitrogen functional groups attached to an aromatic ring is 2. The summed E-state index contributed by atoms with van der Waals surface area (Å²) < 4.78 is 10.2. The Morgan fingerprint density at radius 3 is 1.64 bits per heavy atom. The van der Waals surface area contributed by atoms with Gasteiger partial charge in [-0.3, -0.25) is 0 Å². The molecule has 7 nitrogen and oxygen atoms in total. The van der Waals surface area contributed by atoms with E-state index in [1.165, 1.54) is 14.2 Å². The lowest BCUT2D eigenvalue weighted by Crippen LogP contribution is -2.19. The van der Waals surface area contributed by atoms with Crippen molar-refractivity contribution in [1.29, 1.82) is 0 Å². The van der Waals surface area contributed by atoms with Crippen molar-refractivity contribution in [2.75, 3.05) is 36.3 Å². The van der Waals surface area contributed by atoms with Crippen LogP contribution in [0.1, 0.15) is 0 Å². The molecule has 0 heterocycles. The van der Waals surface area contributed by atoms with Gasteiger partial charge in [0.05, 0.1) is 25.6 Å². The Bertz CT molecular complexity index is 631. The lowest BCUT2D eigenvalue weighted by atomic mass is 10.2. The average Bonchev–Trinajstić information content (AvgIpc) is 2.51. The fourth-order valence-electron chi connectivity index (χ4n) is 1.87. The third-order valence-electron chi connectivity index (χ3n) is 2.98. The number of carbonyl (C=O) groups is 1. The summed E-state index contributed by atoms with van der Waals surface area (Å²) in [5, 5.41) is 5.37. The van der Waals surface area contributed by atoms with Crippen LogP contribution in [0.3, 0.4) is 0 Å². The van der Waals surface area contributed by atoms with Gasteiger partial charge in [-0.2, -0.15) is 0 Å². The van der Waals surface area contributed by atoms with Crippen LogP contribution in [0.4, 0.5) is 27.5 Å². The summed E-state index contributed by atoms with van der Waals surface area (Å²) in [4.78, 5) is 12.0. The molecule has 0 radical (unpaired) electrons. The van der Waals surface area contributed by atoms with Crippen LogP contribution in [0.5, 0.6) is 11.5 Å².